The lowest BCUT2D eigenvalue weighted by atomic mass is 10.2. The third-order valence-corrected chi connectivity index (χ3v) is 6.20. The van der Waals surface area contributed by atoms with Crippen LogP contribution in [0.5, 0.6) is 0 Å². The number of fused-ring (bicyclic) bond motifs is 2. The number of hydrogen-bond acceptors (Lipinski definition) is 8. The highest BCUT2D eigenvalue weighted by Gasteiger charge is 2.20. The van der Waals surface area contributed by atoms with Crippen molar-refractivity contribution in [1.29, 1.82) is 0 Å². The fraction of sp³-hybridized carbons (Fsp3) is 0.409. The number of nitrogens with zero attached hydrogens (tertiary/aromatic N) is 6. The van der Waals surface area contributed by atoms with Crippen molar-refractivity contribution in [3.63, 3.8) is 0 Å². The van der Waals surface area contributed by atoms with E-state index in [9.17, 15) is 4.79 Å². The van der Waals surface area contributed by atoms with Crippen LogP contribution in [0.15, 0.2) is 35.6 Å². The van der Waals surface area contributed by atoms with E-state index in [0.717, 1.165) is 39.3 Å². The summed E-state index contributed by atoms with van der Waals surface area (Å²) in [6.45, 7) is 6.71. The van der Waals surface area contributed by atoms with Crippen LogP contribution in [0.2, 0.25) is 5.02 Å². The van der Waals surface area contributed by atoms with Gasteiger partial charge in [0.2, 0.25) is 0 Å². The highest BCUT2D eigenvalue weighted by atomic mass is 35.5. The highest BCUT2D eigenvalue weighted by Crippen LogP contribution is 2.24. The summed E-state index contributed by atoms with van der Waals surface area (Å²) < 4.78 is 7.16. The van der Waals surface area contributed by atoms with Crippen LogP contribution in [0.25, 0.3) is 22.1 Å². The van der Waals surface area contributed by atoms with Crippen molar-refractivity contribution in [1.82, 2.24) is 34.4 Å². The molecule has 10 nitrogen and oxygen atoms in total. The zero-order valence-corrected chi connectivity index (χ0v) is 19.0. The molecule has 0 radical (unpaired) electrons. The van der Waals surface area contributed by atoms with E-state index >= 15 is 0 Å². The lowest BCUT2D eigenvalue weighted by molar-refractivity contribution is 0.0368. The Morgan fingerprint density at radius 3 is 2.91 bits per heavy atom. The normalized spacial score (nSPS) is 15.8. The van der Waals surface area contributed by atoms with Gasteiger partial charge in [-0.2, -0.15) is 0 Å². The second kappa shape index (κ2) is 9.42. The molecule has 0 amide bonds. The molecule has 1 saturated heterocycles. The van der Waals surface area contributed by atoms with Gasteiger partial charge in [0, 0.05) is 26.2 Å². The maximum absolute atomic E-state index is 13.5. The first kappa shape index (κ1) is 21.7. The quantitative estimate of drug-likeness (QED) is 0.425. The van der Waals surface area contributed by atoms with E-state index in [1.165, 1.54) is 6.33 Å². The molecule has 4 aromatic rings. The van der Waals surface area contributed by atoms with E-state index in [0.29, 0.717) is 45.3 Å². The largest absolute Gasteiger partial charge is 0.379 e. The van der Waals surface area contributed by atoms with Crippen LogP contribution in [-0.4, -0.2) is 67.2 Å². The van der Waals surface area contributed by atoms with Gasteiger partial charge in [-0.1, -0.05) is 17.7 Å². The average molecular weight is 469 g/mol. The summed E-state index contributed by atoms with van der Waals surface area (Å²) in [5, 5.41) is 4.22. The molecule has 1 fully saturated rings. The number of benzene rings is 1. The number of aromatic amines is 1. The van der Waals surface area contributed by atoms with Crippen LogP contribution in [0.3, 0.4) is 0 Å². The molecule has 2 N–H and O–H groups in total. The molecule has 3 aromatic heterocycles. The summed E-state index contributed by atoms with van der Waals surface area (Å²) in [5.74, 6) is 1.23. The van der Waals surface area contributed by atoms with Crippen LogP contribution >= 0.6 is 11.6 Å². The van der Waals surface area contributed by atoms with Gasteiger partial charge in [0.25, 0.3) is 5.56 Å². The summed E-state index contributed by atoms with van der Waals surface area (Å²) in [6.07, 6.45) is 3.85. The average Bonchev–Trinajstić information content (AvgIpc) is 3.31. The van der Waals surface area contributed by atoms with Gasteiger partial charge >= 0.3 is 0 Å². The molecular formula is C22H25ClN8O2. The number of ether oxygens (including phenoxy) is 1. The first-order valence-electron chi connectivity index (χ1n) is 11.0. The number of hydrogen-bond donors (Lipinski definition) is 2. The van der Waals surface area contributed by atoms with Crippen molar-refractivity contribution in [3.05, 3.63) is 52.1 Å². The van der Waals surface area contributed by atoms with Crippen LogP contribution in [0.1, 0.15) is 25.2 Å². The maximum atomic E-state index is 13.5. The molecule has 1 aliphatic heterocycles. The lowest BCUT2D eigenvalue weighted by Gasteiger charge is -2.27. The molecular weight excluding hydrogens is 444 g/mol. The number of aromatic nitrogens is 6. The molecule has 0 unspecified atom stereocenters. The van der Waals surface area contributed by atoms with Crippen molar-refractivity contribution in [2.45, 2.75) is 25.9 Å². The fourth-order valence-electron chi connectivity index (χ4n) is 4.21. The summed E-state index contributed by atoms with van der Waals surface area (Å²) in [4.78, 5) is 36.5. The summed E-state index contributed by atoms with van der Waals surface area (Å²) in [7, 11) is 0. The van der Waals surface area contributed by atoms with E-state index in [-0.39, 0.29) is 11.6 Å². The second-order valence-corrected chi connectivity index (χ2v) is 8.46. The van der Waals surface area contributed by atoms with Gasteiger partial charge in [0.05, 0.1) is 41.5 Å². The van der Waals surface area contributed by atoms with Crippen molar-refractivity contribution in [3.8, 4) is 0 Å². The zero-order chi connectivity index (χ0) is 22.8. The predicted molar refractivity (Wildman–Crippen MR) is 127 cm³/mol. The van der Waals surface area contributed by atoms with Gasteiger partial charge < -0.3 is 15.0 Å². The van der Waals surface area contributed by atoms with E-state index in [1.54, 1.807) is 23.0 Å². The van der Waals surface area contributed by atoms with Crippen LogP contribution in [-0.2, 0) is 11.3 Å². The Balaban J connectivity index is 1.48. The smallest absolute Gasteiger partial charge is 0.262 e. The molecule has 5 rings (SSSR count). The third-order valence-electron chi connectivity index (χ3n) is 5.89. The predicted octanol–water partition coefficient (Wildman–Crippen LogP) is 2.61. The number of halogens is 1. The molecule has 4 heterocycles. The van der Waals surface area contributed by atoms with Gasteiger partial charge in [-0.15, -0.1) is 0 Å². The van der Waals surface area contributed by atoms with Gasteiger partial charge in [0.15, 0.2) is 11.5 Å². The topological polar surface area (TPSA) is 114 Å². The van der Waals surface area contributed by atoms with E-state index in [4.69, 9.17) is 21.3 Å². The number of H-pyrrole nitrogens is 1. The van der Waals surface area contributed by atoms with E-state index in [1.807, 2.05) is 13.0 Å². The van der Waals surface area contributed by atoms with E-state index < -0.39 is 0 Å². The van der Waals surface area contributed by atoms with Crippen LogP contribution in [0.4, 0.5) is 5.82 Å². The Hall–Kier alpha value is -3.08. The van der Waals surface area contributed by atoms with E-state index in [2.05, 4.69) is 30.2 Å². The van der Waals surface area contributed by atoms with Crippen LogP contribution < -0.4 is 10.9 Å². The van der Waals surface area contributed by atoms with Crippen molar-refractivity contribution in [2.24, 2.45) is 0 Å². The van der Waals surface area contributed by atoms with Crippen molar-refractivity contribution >= 4 is 39.5 Å². The Kier molecular flexibility index (Phi) is 6.21. The molecule has 11 heteroatoms. The number of rotatable bonds is 7. The Morgan fingerprint density at radius 1 is 1.21 bits per heavy atom. The minimum absolute atomic E-state index is 0.134. The molecule has 0 bridgehead atoms. The van der Waals surface area contributed by atoms with Gasteiger partial charge in [-0.3, -0.25) is 14.3 Å². The molecule has 172 valence electrons. The monoisotopic (exact) mass is 468 g/mol. The van der Waals surface area contributed by atoms with Gasteiger partial charge in [-0.25, -0.2) is 19.9 Å². The first-order chi connectivity index (χ1) is 16.1. The summed E-state index contributed by atoms with van der Waals surface area (Å²) >= 11 is 6.39. The lowest BCUT2D eigenvalue weighted by Crippen LogP contribution is -2.37. The molecule has 1 aliphatic rings. The molecule has 1 atom stereocenters. The highest BCUT2D eigenvalue weighted by molar-refractivity contribution is 6.35. The SMILES string of the molecule is C[C@H](Nc1ncnc2nc[nH]c12)c1nc2cccc(Cl)c2c(=O)n1CCCN1CCOCC1. The second-order valence-electron chi connectivity index (χ2n) is 8.06. The number of morpholine rings is 1. The standard InChI is InChI=1S/C22H25ClN8O2/c1-14(28-20-18-19(25-12-24-18)26-13-27-20)21-29-16-5-2-4-15(23)17(16)22(32)31(21)7-3-6-30-8-10-33-11-9-30/h2,4-5,12-14H,3,6-11H2,1H3,(H2,24,25,26,27,28)/t14-/m0/s1. The number of anilines is 1. The molecule has 0 spiro atoms. The van der Waals surface area contributed by atoms with Gasteiger partial charge in [-0.05, 0) is 25.5 Å². The van der Waals surface area contributed by atoms with Crippen LogP contribution in [0, 0.1) is 0 Å². The molecule has 0 aliphatic carbocycles. The third kappa shape index (κ3) is 4.41. The summed E-state index contributed by atoms with van der Waals surface area (Å²) in [5.41, 5.74) is 1.72. The zero-order valence-electron chi connectivity index (χ0n) is 18.3. The summed E-state index contributed by atoms with van der Waals surface area (Å²) in [6, 6.07) is 5.04. The molecule has 1 aromatic carbocycles. The van der Waals surface area contributed by atoms with Gasteiger partial charge in [0.1, 0.15) is 17.7 Å². The van der Waals surface area contributed by atoms with Crippen molar-refractivity contribution in [2.75, 3.05) is 38.2 Å². The molecule has 33 heavy (non-hydrogen) atoms. The minimum atomic E-state index is -0.300. The Morgan fingerprint density at radius 2 is 2.06 bits per heavy atom. The first-order valence-corrected chi connectivity index (χ1v) is 11.4. The Labute approximate surface area is 195 Å². The minimum Gasteiger partial charge on any atom is -0.379 e. The van der Waals surface area contributed by atoms with Crippen molar-refractivity contribution < 1.29 is 4.74 Å². The number of imidazole rings is 1. The number of nitrogens with one attached hydrogen (secondary N) is 2. The maximum Gasteiger partial charge on any atom is 0.262 e. The fourth-order valence-corrected chi connectivity index (χ4v) is 4.46. The Bertz CT molecular complexity index is 1330. The molecule has 0 saturated carbocycles.